The topological polar surface area (TPSA) is 324 Å². The summed E-state index contributed by atoms with van der Waals surface area (Å²) >= 11 is 0. The third-order valence-corrected chi connectivity index (χ3v) is 9.07. The summed E-state index contributed by atoms with van der Waals surface area (Å²) in [5, 5.41) is 48.7. The second-order valence-corrected chi connectivity index (χ2v) is 14.1. The van der Waals surface area contributed by atoms with E-state index in [1.807, 2.05) is 11.2 Å². The Kier molecular flexibility index (Phi) is 23.4. The van der Waals surface area contributed by atoms with Gasteiger partial charge in [0.05, 0.1) is 6.61 Å². The molecule has 0 aliphatic rings. The van der Waals surface area contributed by atoms with Crippen LogP contribution in [-0.2, 0) is 42.7 Å². The van der Waals surface area contributed by atoms with Crippen LogP contribution in [0.15, 0.2) is 30.3 Å². The molecule has 1 aromatic carbocycles. The lowest BCUT2D eigenvalue weighted by molar-refractivity contribution is -0.143. The van der Waals surface area contributed by atoms with E-state index in [1.165, 1.54) is 0 Å². The maximum absolute atomic E-state index is 12.4. The smallest absolute Gasteiger partial charge is 0.403 e. The third kappa shape index (κ3) is 23.5. The minimum Gasteiger partial charge on any atom is -0.481 e. The number of carboxylic acid groups (broad SMARTS) is 4. The van der Waals surface area contributed by atoms with Crippen LogP contribution in [0.2, 0.25) is 0 Å². The molecule has 0 aromatic heterocycles. The highest BCUT2D eigenvalue weighted by molar-refractivity contribution is 7.50. The van der Waals surface area contributed by atoms with Crippen molar-refractivity contribution in [2.24, 2.45) is 0 Å². The van der Waals surface area contributed by atoms with E-state index in [0.29, 0.717) is 50.8 Å². The van der Waals surface area contributed by atoms with E-state index in [0.717, 1.165) is 12.8 Å². The van der Waals surface area contributed by atoms with Crippen LogP contribution < -0.4 is 26.4 Å². The van der Waals surface area contributed by atoms with Gasteiger partial charge in [-0.1, -0.05) is 31.0 Å². The Bertz CT molecular complexity index is 1480. The molecule has 0 fully saturated rings. The van der Waals surface area contributed by atoms with Crippen LogP contribution >= 0.6 is 7.75 Å². The predicted octanol–water partition coefficient (Wildman–Crippen LogP) is 1.38. The summed E-state index contributed by atoms with van der Waals surface area (Å²) < 4.78 is 16.9. The standard InChI is InChI=1S/C34H52N5O15P/c40-27(14-6-2-9-21-36-31(45)23-11-4-1-5-12-23)35-20-8-3-7-15-28(41)38-25(33(48)49)16-18-29(42)37-24(32(46)47)13-10-22-54-55(52,53)39-26(34(50)51)17-19-30(43)44/h1,4-5,11-12,24-26H,2-3,6-10,13-22H2,(H,35,40)(H,36,45)(H,37,42)(H,38,41)(H,43,44)(H,46,47)(H,48,49)(H,50,51)(H2,39,52,53)/t24-,25-,26-/m0/s1. The predicted molar refractivity (Wildman–Crippen MR) is 194 cm³/mol. The van der Waals surface area contributed by atoms with Crippen molar-refractivity contribution >= 4 is 55.3 Å². The van der Waals surface area contributed by atoms with Crippen LogP contribution in [0.1, 0.15) is 100 Å². The molecule has 55 heavy (non-hydrogen) atoms. The second-order valence-electron chi connectivity index (χ2n) is 12.5. The molecule has 1 aromatic rings. The molecule has 4 atom stereocenters. The quantitative estimate of drug-likeness (QED) is 0.0374. The van der Waals surface area contributed by atoms with Gasteiger partial charge in [0.1, 0.15) is 18.1 Å². The highest BCUT2D eigenvalue weighted by Gasteiger charge is 2.30. The number of carbonyl (C=O) groups is 8. The van der Waals surface area contributed by atoms with Crippen molar-refractivity contribution in [1.82, 2.24) is 26.4 Å². The van der Waals surface area contributed by atoms with Gasteiger partial charge >= 0.3 is 31.6 Å². The van der Waals surface area contributed by atoms with Gasteiger partial charge in [0.2, 0.25) is 17.7 Å². The number of hydrogen-bond acceptors (Lipinski definition) is 10. The van der Waals surface area contributed by atoms with Crippen LogP contribution in [0.4, 0.5) is 0 Å². The van der Waals surface area contributed by atoms with Crippen molar-refractivity contribution in [1.29, 1.82) is 0 Å². The first-order valence-electron chi connectivity index (χ1n) is 17.8. The summed E-state index contributed by atoms with van der Waals surface area (Å²) in [5.41, 5.74) is 0.590. The van der Waals surface area contributed by atoms with Crippen molar-refractivity contribution in [2.75, 3.05) is 19.7 Å². The average Bonchev–Trinajstić information content (AvgIpc) is 3.12. The van der Waals surface area contributed by atoms with Crippen LogP contribution in [0.3, 0.4) is 0 Å². The molecular formula is C34H52N5O15P. The molecule has 21 heteroatoms. The van der Waals surface area contributed by atoms with E-state index < -0.39 is 87.4 Å². The third-order valence-electron chi connectivity index (χ3n) is 7.90. The Morgan fingerprint density at radius 1 is 0.582 bits per heavy atom. The van der Waals surface area contributed by atoms with Gasteiger partial charge in [0.15, 0.2) is 0 Å². The fourth-order valence-electron chi connectivity index (χ4n) is 4.93. The van der Waals surface area contributed by atoms with E-state index in [2.05, 4.69) is 21.3 Å². The second kappa shape index (κ2) is 26.8. The Hall–Kier alpha value is -4.91. The summed E-state index contributed by atoms with van der Waals surface area (Å²) in [7, 11) is -4.72. The summed E-state index contributed by atoms with van der Waals surface area (Å²) in [6.07, 6.45) is 1.75. The van der Waals surface area contributed by atoms with E-state index in [9.17, 15) is 58.0 Å². The maximum atomic E-state index is 12.4. The summed E-state index contributed by atoms with van der Waals surface area (Å²) in [6.45, 7) is 0.390. The number of rotatable bonds is 31. The zero-order valence-electron chi connectivity index (χ0n) is 30.4. The Labute approximate surface area is 317 Å². The normalized spacial score (nSPS) is 13.6. The lowest BCUT2D eigenvalue weighted by atomic mass is 10.1. The van der Waals surface area contributed by atoms with Gasteiger partial charge in [0, 0.05) is 44.3 Å². The zero-order valence-corrected chi connectivity index (χ0v) is 31.3. The molecule has 0 aliphatic heterocycles. The molecule has 0 spiro atoms. The first-order chi connectivity index (χ1) is 26.0. The van der Waals surface area contributed by atoms with Gasteiger partial charge in [-0.2, -0.15) is 0 Å². The van der Waals surface area contributed by atoms with Gasteiger partial charge < -0.3 is 46.6 Å². The number of carbonyl (C=O) groups excluding carboxylic acids is 4. The number of unbranched alkanes of at least 4 members (excludes halogenated alkanes) is 4. The van der Waals surface area contributed by atoms with Crippen molar-refractivity contribution < 1.29 is 72.8 Å². The number of aliphatic carboxylic acids is 4. The zero-order chi connectivity index (χ0) is 41.2. The largest absolute Gasteiger partial charge is 0.481 e. The number of nitrogens with one attached hydrogen (secondary N) is 5. The molecule has 1 unspecified atom stereocenters. The fourth-order valence-corrected chi connectivity index (χ4v) is 6.01. The van der Waals surface area contributed by atoms with E-state index in [1.54, 1.807) is 24.3 Å². The molecule has 308 valence electrons. The number of amides is 4. The molecule has 0 heterocycles. The highest BCUT2D eigenvalue weighted by Crippen LogP contribution is 2.38. The van der Waals surface area contributed by atoms with Gasteiger partial charge in [-0.25, -0.2) is 19.2 Å². The molecule has 10 N–H and O–H groups in total. The monoisotopic (exact) mass is 801 g/mol. The number of hydrogen-bond donors (Lipinski definition) is 10. The van der Waals surface area contributed by atoms with Crippen molar-refractivity contribution in [2.45, 2.75) is 108 Å². The first kappa shape index (κ1) is 48.1. The van der Waals surface area contributed by atoms with Crippen LogP contribution in [-0.4, -0.2) is 111 Å². The molecule has 20 nitrogen and oxygen atoms in total. The Balaban J connectivity index is 2.26. The molecule has 0 aliphatic carbocycles. The number of carboxylic acids is 4. The minimum absolute atomic E-state index is 0.00346. The van der Waals surface area contributed by atoms with Crippen molar-refractivity contribution in [3.05, 3.63) is 35.9 Å². The van der Waals surface area contributed by atoms with Crippen molar-refractivity contribution in [3.63, 3.8) is 0 Å². The van der Waals surface area contributed by atoms with Crippen LogP contribution in [0.25, 0.3) is 0 Å². The number of benzene rings is 1. The molecule has 0 saturated heterocycles. The maximum Gasteiger partial charge on any atom is 0.403 e. The average molecular weight is 802 g/mol. The van der Waals surface area contributed by atoms with Crippen molar-refractivity contribution in [3.8, 4) is 0 Å². The van der Waals surface area contributed by atoms with Crippen LogP contribution in [0.5, 0.6) is 0 Å². The minimum atomic E-state index is -4.72. The molecule has 1 rings (SSSR count). The molecule has 0 saturated carbocycles. The van der Waals surface area contributed by atoms with Gasteiger partial charge in [-0.05, 0) is 63.5 Å². The van der Waals surface area contributed by atoms with Crippen LogP contribution in [0, 0.1) is 0 Å². The van der Waals surface area contributed by atoms with E-state index in [4.69, 9.17) is 14.7 Å². The first-order valence-corrected chi connectivity index (χ1v) is 19.4. The van der Waals surface area contributed by atoms with Gasteiger partial charge in [-0.15, -0.1) is 0 Å². The van der Waals surface area contributed by atoms with Gasteiger partial charge in [0.25, 0.3) is 5.91 Å². The molecule has 0 bridgehead atoms. The summed E-state index contributed by atoms with van der Waals surface area (Å²) in [5.74, 6) is -7.41. The highest BCUT2D eigenvalue weighted by atomic mass is 31.2. The van der Waals surface area contributed by atoms with E-state index >= 15 is 0 Å². The Morgan fingerprint density at radius 3 is 1.65 bits per heavy atom. The Morgan fingerprint density at radius 2 is 1.09 bits per heavy atom. The van der Waals surface area contributed by atoms with Gasteiger partial charge in [-0.3, -0.25) is 33.3 Å². The lowest BCUT2D eigenvalue weighted by Gasteiger charge is -2.19. The van der Waals surface area contributed by atoms with E-state index in [-0.39, 0.29) is 37.5 Å². The summed E-state index contributed by atoms with van der Waals surface area (Å²) in [4.78, 5) is 104. The molecular weight excluding hydrogens is 749 g/mol. The fraction of sp³-hybridized carbons (Fsp3) is 0.588. The lowest BCUT2D eigenvalue weighted by Crippen LogP contribution is -2.44. The molecule has 0 radical (unpaired) electrons. The SMILES string of the molecule is O=C(O)CC[C@H](NP(=O)(O)OCCC[C@H](NC(=O)CC[C@H](NC(=O)CCCCCNC(=O)CCCCCNC(=O)c1ccccc1)C(=O)O)C(=O)O)C(=O)O. The molecule has 4 amide bonds. The summed E-state index contributed by atoms with van der Waals surface area (Å²) in [6, 6.07) is 4.25.